The minimum absolute atomic E-state index is 0.128. The van der Waals surface area contributed by atoms with E-state index in [1.165, 1.54) is 0 Å². The zero-order valence-electron chi connectivity index (χ0n) is 11.9. The molecule has 2 unspecified atom stereocenters. The second-order valence-electron chi connectivity index (χ2n) is 5.04. The summed E-state index contributed by atoms with van der Waals surface area (Å²) in [7, 11) is 0. The lowest BCUT2D eigenvalue weighted by atomic mass is 10.1. The first-order valence-electron chi connectivity index (χ1n) is 7.01. The summed E-state index contributed by atoms with van der Waals surface area (Å²) in [5.74, 6) is -1.50. The summed E-state index contributed by atoms with van der Waals surface area (Å²) >= 11 is 0. The van der Waals surface area contributed by atoms with Crippen LogP contribution in [0.2, 0.25) is 0 Å². The van der Waals surface area contributed by atoms with Gasteiger partial charge in [0, 0.05) is 12.8 Å². The zero-order chi connectivity index (χ0) is 14.7. The minimum Gasteiger partial charge on any atom is -0.481 e. The molecule has 0 heterocycles. The predicted octanol–water partition coefficient (Wildman–Crippen LogP) is 3.07. The number of hydrogen-bond acceptors (Lipinski definition) is 3. The average Bonchev–Trinajstić information content (AvgIpc) is 2.30. The number of aliphatic carboxylic acids is 2. The van der Waals surface area contributed by atoms with E-state index in [1.807, 2.05) is 13.8 Å². The Labute approximate surface area is 115 Å². The van der Waals surface area contributed by atoms with E-state index >= 15 is 0 Å². The molecule has 0 amide bonds. The van der Waals surface area contributed by atoms with Crippen LogP contribution in [-0.2, 0) is 14.3 Å². The number of ether oxygens (including phenoxy) is 1. The zero-order valence-corrected chi connectivity index (χ0v) is 11.9. The van der Waals surface area contributed by atoms with E-state index in [4.69, 9.17) is 14.9 Å². The molecule has 0 aliphatic carbocycles. The number of carbonyl (C=O) groups is 2. The second-order valence-corrected chi connectivity index (χ2v) is 5.04. The fraction of sp³-hybridized carbons (Fsp3) is 0.857. The van der Waals surface area contributed by atoms with Gasteiger partial charge < -0.3 is 14.9 Å². The lowest BCUT2D eigenvalue weighted by Crippen LogP contribution is -2.17. The van der Waals surface area contributed by atoms with Crippen molar-refractivity contribution in [1.29, 1.82) is 0 Å². The van der Waals surface area contributed by atoms with Crippen molar-refractivity contribution >= 4 is 11.9 Å². The first-order chi connectivity index (χ1) is 8.91. The van der Waals surface area contributed by atoms with Crippen molar-refractivity contribution in [2.75, 3.05) is 0 Å². The van der Waals surface area contributed by atoms with Gasteiger partial charge in [-0.3, -0.25) is 9.59 Å². The van der Waals surface area contributed by atoms with E-state index in [0.29, 0.717) is 12.8 Å². The highest BCUT2D eigenvalue weighted by Gasteiger charge is 2.09. The molecule has 5 nitrogen and oxygen atoms in total. The molecule has 112 valence electrons. The van der Waals surface area contributed by atoms with Crippen LogP contribution in [0.1, 0.15) is 65.2 Å². The number of unbranched alkanes of at least 4 members (excludes halogenated alkanes) is 2. The number of rotatable bonds is 12. The van der Waals surface area contributed by atoms with Crippen molar-refractivity contribution in [3.63, 3.8) is 0 Å². The normalized spacial score (nSPS) is 14.0. The van der Waals surface area contributed by atoms with Crippen LogP contribution in [-0.4, -0.2) is 34.4 Å². The Morgan fingerprint density at radius 2 is 1.21 bits per heavy atom. The van der Waals surface area contributed by atoms with Crippen molar-refractivity contribution in [2.45, 2.75) is 77.4 Å². The lowest BCUT2D eigenvalue weighted by molar-refractivity contribution is -0.138. The van der Waals surface area contributed by atoms with Gasteiger partial charge in [0.1, 0.15) is 0 Å². The molecule has 0 saturated carbocycles. The summed E-state index contributed by atoms with van der Waals surface area (Å²) in [4.78, 5) is 20.7. The number of carboxylic acids is 2. The SMILES string of the molecule is CC(CCCCC(=O)O)OC(C)CCCCC(=O)O. The first-order valence-corrected chi connectivity index (χ1v) is 7.01. The van der Waals surface area contributed by atoms with Gasteiger partial charge in [0.05, 0.1) is 12.2 Å². The maximum atomic E-state index is 10.3. The van der Waals surface area contributed by atoms with Crippen LogP contribution in [0, 0.1) is 0 Å². The summed E-state index contributed by atoms with van der Waals surface area (Å²) in [6.45, 7) is 3.99. The van der Waals surface area contributed by atoms with E-state index in [9.17, 15) is 9.59 Å². The van der Waals surface area contributed by atoms with E-state index in [-0.39, 0.29) is 25.0 Å². The third-order valence-electron chi connectivity index (χ3n) is 2.97. The minimum atomic E-state index is -0.750. The molecule has 0 spiro atoms. The first kappa shape index (κ1) is 17.9. The molecule has 2 N–H and O–H groups in total. The Bertz CT molecular complexity index is 239. The second kappa shape index (κ2) is 10.8. The third-order valence-corrected chi connectivity index (χ3v) is 2.97. The van der Waals surface area contributed by atoms with Crippen LogP contribution in [0.4, 0.5) is 0 Å². The Balaban J connectivity index is 3.49. The Morgan fingerprint density at radius 1 is 0.842 bits per heavy atom. The molecule has 0 radical (unpaired) electrons. The van der Waals surface area contributed by atoms with Crippen LogP contribution >= 0.6 is 0 Å². The molecule has 0 rings (SSSR count). The van der Waals surface area contributed by atoms with E-state index in [0.717, 1.165) is 25.7 Å². The van der Waals surface area contributed by atoms with Crippen LogP contribution < -0.4 is 0 Å². The topological polar surface area (TPSA) is 83.8 Å². The predicted molar refractivity (Wildman–Crippen MR) is 72.2 cm³/mol. The van der Waals surface area contributed by atoms with Crippen molar-refractivity contribution < 1.29 is 24.5 Å². The van der Waals surface area contributed by atoms with Gasteiger partial charge in [-0.15, -0.1) is 0 Å². The molecule has 5 heteroatoms. The maximum absolute atomic E-state index is 10.3. The Hall–Kier alpha value is -1.10. The summed E-state index contributed by atoms with van der Waals surface area (Å²) in [5.41, 5.74) is 0. The van der Waals surface area contributed by atoms with Gasteiger partial charge in [0.2, 0.25) is 0 Å². The van der Waals surface area contributed by atoms with Crippen LogP contribution in [0.15, 0.2) is 0 Å². The summed E-state index contributed by atoms with van der Waals surface area (Å²) in [6, 6.07) is 0. The molecule has 0 bridgehead atoms. The molecule has 0 fully saturated rings. The van der Waals surface area contributed by atoms with Crippen LogP contribution in [0.25, 0.3) is 0 Å². The molecule has 0 aliphatic heterocycles. The molecule has 0 aromatic rings. The van der Waals surface area contributed by atoms with Crippen molar-refractivity contribution in [2.24, 2.45) is 0 Å². The Kier molecular flexibility index (Phi) is 10.2. The number of hydrogen-bond donors (Lipinski definition) is 2. The van der Waals surface area contributed by atoms with Crippen LogP contribution in [0.3, 0.4) is 0 Å². The largest absolute Gasteiger partial charge is 0.481 e. The quantitative estimate of drug-likeness (QED) is 0.534. The fourth-order valence-corrected chi connectivity index (χ4v) is 1.95. The summed E-state index contributed by atoms with van der Waals surface area (Å²) in [6.07, 6.45) is 5.53. The van der Waals surface area contributed by atoms with Crippen molar-refractivity contribution in [3.8, 4) is 0 Å². The standard InChI is InChI=1S/C14H26O5/c1-11(7-3-5-9-13(15)16)19-12(2)8-4-6-10-14(17)18/h11-12H,3-10H2,1-2H3,(H,15,16)(H,17,18). The van der Waals surface area contributed by atoms with Gasteiger partial charge in [-0.1, -0.05) is 12.8 Å². The molecule has 2 atom stereocenters. The highest BCUT2D eigenvalue weighted by molar-refractivity contribution is 5.66. The molecular formula is C14H26O5. The highest BCUT2D eigenvalue weighted by Crippen LogP contribution is 2.12. The van der Waals surface area contributed by atoms with Crippen molar-refractivity contribution in [3.05, 3.63) is 0 Å². The molecule has 0 saturated heterocycles. The monoisotopic (exact) mass is 274 g/mol. The van der Waals surface area contributed by atoms with E-state index < -0.39 is 11.9 Å². The Morgan fingerprint density at radius 3 is 1.53 bits per heavy atom. The van der Waals surface area contributed by atoms with Gasteiger partial charge in [-0.2, -0.15) is 0 Å². The molecule has 0 aliphatic rings. The molecule has 19 heavy (non-hydrogen) atoms. The van der Waals surface area contributed by atoms with Gasteiger partial charge in [-0.25, -0.2) is 0 Å². The number of carboxylic acid groups (broad SMARTS) is 2. The van der Waals surface area contributed by atoms with Gasteiger partial charge in [0.15, 0.2) is 0 Å². The van der Waals surface area contributed by atoms with Crippen LogP contribution in [0.5, 0.6) is 0 Å². The smallest absolute Gasteiger partial charge is 0.303 e. The maximum Gasteiger partial charge on any atom is 0.303 e. The molecule has 0 aromatic carbocycles. The summed E-state index contributed by atoms with van der Waals surface area (Å²) in [5, 5.41) is 17.0. The molecular weight excluding hydrogens is 248 g/mol. The fourth-order valence-electron chi connectivity index (χ4n) is 1.95. The van der Waals surface area contributed by atoms with E-state index in [1.54, 1.807) is 0 Å². The van der Waals surface area contributed by atoms with E-state index in [2.05, 4.69) is 0 Å². The molecule has 0 aromatic heterocycles. The average molecular weight is 274 g/mol. The van der Waals surface area contributed by atoms with Gasteiger partial charge in [0.25, 0.3) is 0 Å². The van der Waals surface area contributed by atoms with Crippen molar-refractivity contribution in [1.82, 2.24) is 0 Å². The lowest BCUT2D eigenvalue weighted by Gasteiger charge is -2.19. The van der Waals surface area contributed by atoms with Gasteiger partial charge in [-0.05, 0) is 39.5 Å². The van der Waals surface area contributed by atoms with Gasteiger partial charge >= 0.3 is 11.9 Å². The highest BCUT2D eigenvalue weighted by atomic mass is 16.5. The summed E-state index contributed by atoms with van der Waals surface area (Å²) < 4.78 is 5.77. The third kappa shape index (κ3) is 13.1.